The third-order valence-corrected chi connectivity index (χ3v) is 2.73. The van der Waals surface area contributed by atoms with E-state index in [1.807, 2.05) is 12.1 Å². The van der Waals surface area contributed by atoms with Crippen LogP contribution in [0, 0.1) is 0 Å². The number of nitrogens with zero attached hydrogens (tertiary/aromatic N) is 1. The molecule has 1 aromatic carbocycles. The van der Waals surface area contributed by atoms with Gasteiger partial charge in [0, 0.05) is 18.1 Å². The Morgan fingerprint density at radius 1 is 1.16 bits per heavy atom. The van der Waals surface area contributed by atoms with Crippen molar-refractivity contribution in [3.8, 4) is 0 Å². The number of para-hydroxylation sites is 1. The highest BCUT2D eigenvalue weighted by molar-refractivity contribution is 5.81. The molecule has 0 amide bonds. The summed E-state index contributed by atoms with van der Waals surface area (Å²) in [6, 6.07) is 8.91. The van der Waals surface area contributed by atoms with E-state index in [1.165, 1.54) is 0 Å². The van der Waals surface area contributed by atoms with Crippen LogP contribution in [0.25, 0.3) is 10.9 Å². The van der Waals surface area contributed by atoms with Gasteiger partial charge in [-0.2, -0.15) is 8.78 Å². The van der Waals surface area contributed by atoms with Gasteiger partial charge in [-0.05, 0) is 17.7 Å². The fourth-order valence-corrected chi connectivity index (χ4v) is 1.75. The normalized spacial score (nSPS) is 12.3. The van der Waals surface area contributed by atoms with Gasteiger partial charge >= 0.3 is 12.3 Å². The van der Waals surface area contributed by atoms with E-state index in [4.69, 9.17) is 0 Å². The molecule has 0 saturated carbocycles. The molecule has 2 rings (SSSR count). The maximum absolute atomic E-state index is 12.7. The maximum Gasteiger partial charge on any atom is 0.319 e. The first kappa shape index (κ1) is 13.7. The van der Waals surface area contributed by atoms with E-state index in [9.17, 15) is 17.6 Å². The SMILES string of the molecule is FC(F)C(F)(F)CNCc1ccnc2ccccc12. The highest BCUT2D eigenvalue weighted by Gasteiger charge is 2.39. The second-order valence-electron chi connectivity index (χ2n) is 4.15. The summed E-state index contributed by atoms with van der Waals surface area (Å²) in [6.07, 6.45) is -2.10. The van der Waals surface area contributed by atoms with Crippen LogP contribution >= 0.6 is 0 Å². The maximum atomic E-state index is 12.7. The third-order valence-electron chi connectivity index (χ3n) is 2.73. The number of aromatic nitrogens is 1. The number of halogens is 4. The quantitative estimate of drug-likeness (QED) is 0.845. The molecule has 1 aromatic heterocycles. The van der Waals surface area contributed by atoms with E-state index in [0.717, 1.165) is 16.5 Å². The van der Waals surface area contributed by atoms with Crippen molar-refractivity contribution in [2.75, 3.05) is 6.54 Å². The molecule has 19 heavy (non-hydrogen) atoms. The van der Waals surface area contributed by atoms with Gasteiger partial charge in [0.2, 0.25) is 0 Å². The minimum atomic E-state index is -4.01. The Bertz CT molecular complexity index is 552. The molecule has 0 aliphatic heterocycles. The van der Waals surface area contributed by atoms with Crippen molar-refractivity contribution in [2.45, 2.75) is 18.9 Å². The van der Waals surface area contributed by atoms with Gasteiger partial charge in [-0.15, -0.1) is 0 Å². The van der Waals surface area contributed by atoms with Gasteiger partial charge in [-0.1, -0.05) is 18.2 Å². The Labute approximate surface area is 107 Å². The molecule has 0 fully saturated rings. The molecule has 0 atom stereocenters. The van der Waals surface area contributed by atoms with Gasteiger partial charge in [-0.3, -0.25) is 4.98 Å². The molecular formula is C13H12F4N2. The molecule has 1 N–H and O–H groups in total. The van der Waals surface area contributed by atoms with Crippen molar-refractivity contribution in [2.24, 2.45) is 0 Å². The van der Waals surface area contributed by atoms with Crippen LogP contribution in [-0.4, -0.2) is 23.9 Å². The minimum absolute atomic E-state index is 0.0886. The van der Waals surface area contributed by atoms with Gasteiger partial charge in [0.05, 0.1) is 12.1 Å². The molecule has 1 heterocycles. The number of fused-ring (bicyclic) bond motifs is 1. The van der Waals surface area contributed by atoms with Crippen LogP contribution in [0.4, 0.5) is 17.6 Å². The van der Waals surface area contributed by atoms with Gasteiger partial charge < -0.3 is 5.32 Å². The Hall–Kier alpha value is -1.69. The van der Waals surface area contributed by atoms with Crippen molar-refractivity contribution in [3.05, 3.63) is 42.1 Å². The van der Waals surface area contributed by atoms with E-state index in [1.54, 1.807) is 24.4 Å². The van der Waals surface area contributed by atoms with Crippen LogP contribution in [0.5, 0.6) is 0 Å². The molecule has 2 aromatic rings. The summed E-state index contributed by atoms with van der Waals surface area (Å²) in [5, 5.41) is 3.18. The summed E-state index contributed by atoms with van der Waals surface area (Å²) < 4.78 is 49.5. The van der Waals surface area contributed by atoms with Crippen LogP contribution in [0.15, 0.2) is 36.5 Å². The zero-order chi connectivity index (χ0) is 13.9. The average molecular weight is 272 g/mol. The van der Waals surface area contributed by atoms with Crippen molar-refractivity contribution < 1.29 is 17.6 Å². The fourth-order valence-electron chi connectivity index (χ4n) is 1.75. The number of benzene rings is 1. The monoisotopic (exact) mass is 272 g/mol. The number of alkyl halides is 4. The second-order valence-corrected chi connectivity index (χ2v) is 4.15. The Kier molecular flexibility index (Phi) is 3.99. The lowest BCUT2D eigenvalue weighted by Gasteiger charge is -2.16. The van der Waals surface area contributed by atoms with E-state index in [-0.39, 0.29) is 6.54 Å². The molecule has 0 bridgehead atoms. The number of hydrogen-bond acceptors (Lipinski definition) is 2. The first-order valence-corrected chi connectivity index (χ1v) is 5.70. The van der Waals surface area contributed by atoms with Gasteiger partial charge in [0.1, 0.15) is 0 Å². The van der Waals surface area contributed by atoms with E-state index in [0.29, 0.717) is 0 Å². The number of rotatable bonds is 5. The van der Waals surface area contributed by atoms with Gasteiger partial charge in [-0.25, -0.2) is 8.78 Å². The smallest absolute Gasteiger partial charge is 0.307 e. The molecule has 0 spiro atoms. The predicted molar refractivity (Wildman–Crippen MR) is 64.4 cm³/mol. The van der Waals surface area contributed by atoms with Gasteiger partial charge in [0.25, 0.3) is 0 Å². The van der Waals surface area contributed by atoms with Crippen LogP contribution in [0.1, 0.15) is 5.56 Å². The molecule has 6 heteroatoms. The summed E-state index contributed by atoms with van der Waals surface area (Å²) in [5.74, 6) is -4.01. The van der Waals surface area contributed by atoms with Crippen LogP contribution in [-0.2, 0) is 6.54 Å². The summed E-state index contributed by atoms with van der Waals surface area (Å²) >= 11 is 0. The molecule has 0 radical (unpaired) electrons. The Balaban J connectivity index is 2.07. The average Bonchev–Trinajstić information content (AvgIpc) is 2.38. The van der Waals surface area contributed by atoms with Crippen molar-refractivity contribution in [3.63, 3.8) is 0 Å². The minimum Gasteiger partial charge on any atom is -0.307 e. The zero-order valence-electron chi connectivity index (χ0n) is 9.91. The molecule has 2 nitrogen and oxygen atoms in total. The second kappa shape index (κ2) is 5.52. The molecule has 0 aliphatic carbocycles. The Morgan fingerprint density at radius 2 is 1.89 bits per heavy atom. The number of nitrogens with one attached hydrogen (secondary N) is 1. The largest absolute Gasteiger partial charge is 0.319 e. The van der Waals surface area contributed by atoms with Crippen LogP contribution in [0.3, 0.4) is 0 Å². The number of pyridine rings is 1. The van der Waals surface area contributed by atoms with E-state index >= 15 is 0 Å². The van der Waals surface area contributed by atoms with Crippen LogP contribution < -0.4 is 5.32 Å². The van der Waals surface area contributed by atoms with Crippen molar-refractivity contribution >= 4 is 10.9 Å². The molecular weight excluding hydrogens is 260 g/mol. The first-order valence-electron chi connectivity index (χ1n) is 5.70. The lowest BCUT2D eigenvalue weighted by atomic mass is 10.1. The zero-order valence-corrected chi connectivity index (χ0v) is 9.91. The van der Waals surface area contributed by atoms with E-state index < -0.39 is 18.9 Å². The highest BCUT2D eigenvalue weighted by Crippen LogP contribution is 2.22. The topological polar surface area (TPSA) is 24.9 Å². The summed E-state index contributed by atoms with van der Waals surface area (Å²) in [6.45, 7) is -0.966. The molecule has 102 valence electrons. The lowest BCUT2D eigenvalue weighted by Crippen LogP contribution is -2.38. The van der Waals surface area contributed by atoms with Gasteiger partial charge in [0.15, 0.2) is 0 Å². The van der Waals surface area contributed by atoms with Crippen LogP contribution in [0.2, 0.25) is 0 Å². The lowest BCUT2D eigenvalue weighted by molar-refractivity contribution is -0.125. The van der Waals surface area contributed by atoms with Crippen molar-refractivity contribution in [1.82, 2.24) is 10.3 Å². The summed E-state index contributed by atoms with van der Waals surface area (Å²) in [4.78, 5) is 4.13. The molecule has 0 aliphatic rings. The highest BCUT2D eigenvalue weighted by atomic mass is 19.3. The fraction of sp³-hybridized carbons (Fsp3) is 0.308. The third kappa shape index (κ3) is 3.20. The molecule has 0 unspecified atom stereocenters. The standard InChI is InChI=1S/C13H12F4N2/c14-12(15)13(16,17)8-18-7-9-5-6-19-11-4-2-1-3-10(9)11/h1-6,12,18H,7-8H2. The first-order chi connectivity index (χ1) is 9.00. The van der Waals surface area contributed by atoms with Crippen molar-refractivity contribution in [1.29, 1.82) is 0 Å². The van der Waals surface area contributed by atoms with E-state index in [2.05, 4.69) is 10.3 Å². The summed E-state index contributed by atoms with van der Waals surface area (Å²) in [5.41, 5.74) is 1.48. The Morgan fingerprint density at radius 3 is 2.63 bits per heavy atom. The summed E-state index contributed by atoms with van der Waals surface area (Å²) in [7, 11) is 0. The molecule has 0 saturated heterocycles. The number of hydrogen-bond donors (Lipinski definition) is 1. The predicted octanol–water partition coefficient (Wildman–Crippen LogP) is 3.22.